The van der Waals surface area contributed by atoms with E-state index in [4.69, 9.17) is 0 Å². The average molecular weight is 224 g/mol. The molecule has 10 heavy (non-hydrogen) atoms. The van der Waals surface area contributed by atoms with E-state index in [9.17, 15) is 4.79 Å². The molecule has 1 rings (SSSR count). The number of hydrogen-bond donors (Lipinski definition) is 0. The van der Waals surface area contributed by atoms with Gasteiger partial charge in [-0.15, -0.1) is 11.8 Å². The molecule has 1 unspecified atom stereocenters. The summed E-state index contributed by atoms with van der Waals surface area (Å²) in [5, 5.41) is 0. The van der Waals surface area contributed by atoms with Gasteiger partial charge in [0.25, 0.3) is 0 Å². The van der Waals surface area contributed by atoms with Crippen molar-refractivity contribution in [3.05, 3.63) is 0 Å². The van der Waals surface area contributed by atoms with E-state index in [2.05, 4.69) is 15.9 Å². The van der Waals surface area contributed by atoms with Gasteiger partial charge in [-0.05, 0) is 6.92 Å². The molecule has 0 aromatic rings. The second-order valence-electron chi connectivity index (χ2n) is 2.26. The minimum atomic E-state index is -0.0220. The van der Waals surface area contributed by atoms with E-state index in [0.29, 0.717) is 0 Å². The van der Waals surface area contributed by atoms with E-state index in [1.54, 1.807) is 0 Å². The van der Waals surface area contributed by atoms with E-state index in [1.807, 2.05) is 23.6 Å². The molecule has 0 aromatic heterocycles. The van der Waals surface area contributed by atoms with Crippen molar-refractivity contribution in [3.8, 4) is 0 Å². The van der Waals surface area contributed by atoms with Crippen molar-refractivity contribution in [2.45, 2.75) is 11.8 Å². The van der Waals surface area contributed by atoms with Crippen LogP contribution in [0.2, 0.25) is 0 Å². The summed E-state index contributed by atoms with van der Waals surface area (Å²) in [7, 11) is 0. The molecule has 0 aliphatic carbocycles. The molecular weight excluding hydrogens is 214 g/mol. The summed E-state index contributed by atoms with van der Waals surface area (Å²) in [6, 6.07) is 0. The van der Waals surface area contributed by atoms with Crippen LogP contribution in [0, 0.1) is 0 Å². The maximum Gasteiger partial charge on any atom is 0.236 e. The number of nitrogens with zero attached hydrogens (tertiary/aromatic N) is 1. The third kappa shape index (κ3) is 1.89. The van der Waals surface area contributed by atoms with E-state index in [1.165, 1.54) is 0 Å². The number of carbonyl (C=O) groups is 1. The first-order chi connectivity index (χ1) is 4.72. The van der Waals surface area contributed by atoms with Crippen LogP contribution in [-0.4, -0.2) is 33.8 Å². The second kappa shape index (κ2) is 3.62. The lowest BCUT2D eigenvalue weighted by Gasteiger charge is -2.15. The highest BCUT2D eigenvalue weighted by Crippen LogP contribution is 2.15. The number of amides is 1. The van der Waals surface area contributed by atoms with E-state index >= 15 is 0 Å². The van der Waals surface area contributed by atoms with Crippen molar-refractivity contribution >= 4 is 33.6 Å². The van der Waals surface area contributed by atoms with Gasteiger partial charge in [-0.1, -0.05) is 15.9 Å². The Kier molecular flexibility index (Phi) is 3.04. The largest absolute Gasteiger partial charge is 0.332 e. The molecule has 1 amide bonds. The molecule has 1 aliphatic heterocycles. The lowest BCUT2D eigenvalue weighted by molar-refractivity contribution is -0.128. The van der Waals surface area contributed by atoms with Crippen LogP contribution in [0.1, 0.15) is 6.92 Å². The number of halogens is 1. The highest BCUT2D eigenvalue weighted by atomic mass is 79.9. The van der Waals surface area contributed by atoms with Crippen LogP contribution in [0.4, 0.5) is 0 Å². The van der Waals surface area contributed by atoms with Gasteiger partial charge in [0.1, 0.15) is 0 Å². The van der Waals surface area contributed by atoms with Gasteiger partial charge in [0.05, 0.1) is 10.7 Å². The van der Waals surface area contributed by atoms with E-state index < -0.39 is 0 Å². The zero-order chi connectivity index (χ0) is 7.56. The molecule has 4 heteroatoms. The number of hydrogen-bond acceptors (Lipinski definition) is 2. The molecule has 0 bridgehead atoms. The Balaban J connectivity index is 2.40. The van der Waals surface area contributed by atoms with Gasteiger partial charge in [0.15, 0.2) is 0 Å². The molecule has 2 nitrogen and oxygen atoms in total. The lowest BCUT2D eigenvalue weighted by atomic mass is 10.4. The molecule has 58 valence electrons. The smallest absolute Gasteiger partial charge is 0.236 e. The first-order valence-electron chi connectivity index (χ1n) is 3.22. The zero-order valence-corrected chi connectivity index (χ0v) is 8.24. The third-order valence-electron chi connectivity index (χ3n) is 1.40. The Labute approximate surface area is 73.5 Å². The quantitative estimate of drug-likeness (QED) is 0.626. The molecule has 1 heterocycles. The summed E-state index contributed by atoms with van der Waals surface area (Å²) in [5.41, 5.74) is 0. The number of carbonyl (C=O) groups excluding carboxylic acids is 1. The van der Waals surface area contributed by atoms with Gasteiger partial charge in [0, 0.05) is 12.3 Å². The predicted molar refractivity (Wildman–Crippen MR) is 47.4 cm³/mol. The van der Waals surface area contributed by atoms with Crippen LogP contribution in [0.5, 0.6) is 0 Å². The summed E-state index contributed by atoms with van der Waals surface area (Å²) >= 11 is 5.06. The molecule has 1 aliphatic rings. The van der Waals surface area contributed by atoms with Gasteiger partial charge in [-0.3, -0.25) is 4.79 Å². The molecule has 0 aromatic carbocycles. The van der Waals surface area contributed by atoms with Gasteiger partial charge in [-0.2, -0.15) is 0 Å². The Morgan fingerprint density at radius 1 is 1.80 bits per heavy atom. The molecule has 0 radical (unpaired) electrons. The normalized spacial score (nSPS) is 21.2. The first kappa shape index (κ1) is 8.40. The van der Waals surface area contributed by atoms with Gasteiger partial charge in [-0.25, -0.2) is 0 Å². The molecule has 0 spiro atoms. The third-order valence-corrected chi connectivity index (χ3v) is 2.76. The number of rotatable bonds is 1. The van der Waals surface area contributed by atoms with Crippen molar-refractivity contribution < 1.29 is 4.79 Å². The summed E-state index contributed by atoms with van der Waals surface area (Å²) < 4.78 is 0. The van der Waals surface area contributed by atoms with Crippen molar-refractivity contribution in [3.63, 3.8) is 0 Å². The van der Waals surface area contributed by atoms with Crippen LogP contribution in [-0.2, 0) is 4.79 Å². The van der Waals surface area contributed by atoms with Crippen LogP contribution in [0.25, 0.3) is 0 Å². The highest BCUT2D eigenvalue weighted by Gasteiger charge is 2.21. The summed E-state index contributed by atoms with van der Waals surface area (Å²) in [4.78, 5) is 13.1. The fourth-order valence-electron chi connectivity index (χ4n) is 0.839. The summed E-state index contributed by atoms with van der Waals surface area (Å²) in [6.07, 6.45) is 0. The number of thioether (sulfide) groups is 1. The average Bonchev–Trinajstić information content (AvgIpc) is 2.36. The van der Waals surface area contributed by atoms with Crippen LogP contribution < -0.4 is 0 Å². The predicted octanol–water partition coefficient (Wildman–Crippen LogP) is 1.30. The number of alkyl halides is 1. The van der Waals surface area contributed by atoms with Crippen molar-refractivity contribution in [1.29, 1.82) is 0 Å². The fourth-order valence-corrected chi connectivity index (χ4v) is 2.08. The molecule has 0 N–H and O–H groups in total. The minimum absolute atomic E-state index is 0.0220. The Morgan fingerprint density at radius 3 is 2.90 bits per heavy atom. The van der Waals surface area contributed by atoms with Crippen LogP contribution in [0.3, 0.4) is 0 Å². The van der Waals surface area contributed by atoms with Crippen LogP contribution >= 0.6 is 27.7 Å². The topological polar surface area (TPSA) is 20.3 Å². The first-order valence-corrected chi connectivity index (χ1v) is 5.29. The second-order valence-corrected chi connectivity index (χ2v) is 4.70. The highest BCUT2D eigenvalue weighted by molar-refractivity contribution is 9.10. The summed E-state index contributed by atoms with van der Waals surface area (Å²) in [5.74, 6) is 2.17. The molecule has 0 saturated carbocycles. The fraction of sp³-hybridized carbons (Fsp3) is 0.833. The lowest BCUT2D eigenvalue weighted by Crippen LogP contribution is -2.32. The molecule has 1 saturated heterocycles. The summed E-state index contributed by atoms with van der Waals surface area (Å²) in [6.45, 7) is 2.78. The Hall–Kier alpha value is 0.300. The maximum atomic E-state index is 11.2. The Bertz CT molecular complexity index is 134. The minimum Gasteiger partial charge on any atom is -0.332 e. The monoisotopic (exact) mass is 223 g/mol. The van der Waals surface area contributed by atoms with Crippen molar-refractivity contribution in [2.75, 3.05) is 18.2 Å². The van der Waals surface area contributed by atoms with E-state index in [0.717, 1.165) is 18.2 Å². The molecular formula is C6H10BrNOS. The van der Waals surface area contributed by atoms with Crippen LogP contribution in [0.15, 0.2) is 0 Å². The van der Waals surface area contributed by atoms with Crippen molar-refractivity contribution in [2.24, 2.45) is 0 Å². The van der Waals surface area contributed by atoms with Gasteiger partial charge in [0.2, 0.25) is 5.91 Å². The standard InChI is InChI=1S/C6H10BrNOS/c1-5(7)6(9)8-2-3-10-4-8/h5H,2-4H2,1H3. The zero-order valence-electron chi connectivity index (χ0n) is 5.84. The van der Waals surface area contributed by atoms with Crippen molar-refractivity contribution in [1.82, 2.24) is 4.90 Å². The van der Waals surface area contributed by atoms with E-state index in [-0.39, 0.29) is 10.7 Å². The van der Waals surface area contributed by atoms with Gasteiger partial charge < -0.3 is 4.90 Å². The molecule has 1 fully saturated rings. The molecule has 1 atom stereocenters. The van der Waals surface area contributed by atoms with Gasteiger partial charge >= 0.3 is 0 Å². The Morgan fingerprint density at radius 2 is 2.50 bits per heavy atom. The SMILES string of the molecule is CC(Br)C(=O)N1CCSC1. The maximum absolute atomic E-state index is 11.2.